The molecule has 0 unspecified atom stereocenters. The predicted octanol–water partition coefficient (Wildman–Crippen LogP) is 1.10. The summed E-state index contributed by atoms with van der Waals surface area (Å²) in [5.74, 6) is -0.0822. The van der Waals surface area contributed by atoms with Gasteiger partial charge in [0.1, 0.15) is 11.7 Å². The molecule has 0 amide bonds. The highest BCUT2D eigenvalue weighted by Gasteiger charge is 2.55. The maximum absolute atomic E-state index is 12.1. The molecule has 2 N–H and O–H groups in total. The molecule has 0 saturated carbocycles. The number of hydrogen-bond donors (Lipinski definition) is 2. The van der Waals surface area contributed by atoms with Gasteiger partial charge in [-0.2, -0.15) is 0 Å². The minimum Gasteiger partial charge on any atom is -0.469 e. The van der Waals surface area contributed by atoms with E-state index in [0.717, 1.165) is 11.3 Å². The second-order valence-corrected chi connectivity index (χ2v) is 5.23. The van der Waals surface area contributed by atoms with E-state index in [2.05, 4.69) is 10.6 Å². The zero-order valence-electron chi connectivity index (χ0n) is 10.6. The van der Waals surface area contributed by atoms with Crippen LogP contribution in [0, 0.1) is 5.92 Å². The van der Waals surface area contributed by atoms with Crippen molar-refractivity contribution in [3.05, 3.63) is 29.8 Å². The Morgan fingerprint density at radius 1 is 1.47 bits per heavy atom. The number of methoxy groups -OCH3 is 1. The highest BCUT2D eigenvalue weighted by Crippen LogP contribution is 2.44. The van der Waals surface area contributed by atoms with E-state index in [1.807, 2.05) is 31.2 Å². The van der Waals surface area contributed by atoms with Crippen molar-refractivity contribution in [3.63, 3.8) is 0 Å². The molecule has 0 spiro atoms. The first-order chi connectivity index (χ1) is 9.05. The zero-order chi connectivity index (χ0) is 13.6. The van der Waals surface area contributed by atoms with E-state index in [9.17, 15) is 4.79 Å². The molecular weight excluding hydrogens is 264 g/mol. The maximum atomic E-state index is 12.1. The van der Waals surface area contributed by atoms with E-state index < -0.39 is 11.6 Å². The number of esters is 1. The fourth-order valence-corrected chi connectivity index (χ4v) is 3.10. The summed E-state index contributed by atoms with van der Waals surface area (Å²) in [6, 6.07) is 7.37. The van der Waals surface area contributed by atoms with Crippen LogP contribution in [-0.2, 0) is 9.53 Å². The zero-order valence-corrected chi connectivity index (χ0v) is 11.4. The lowest BCUT2D eigenvalue weighted by Gasteiger charge is -2.49. The average Bonchev–Trinajstić information content (AvgIpc) is 2.36. The number of benzene rings is 1. The van der Waals surface area contributed by atoms with Crippen molar-refractivity contribution in [3.8, 4) is 5.75 Å². The number of nitrogens with one attached hydrogen (secondary N) is 2. The van der Waals surface area contributed by atoms with Crippen molar-refractivity contribution < 1.29 is 14.3 Å². The summed E-state index contributed by atoms with van der Waals surface area (Å²) in [5, 5.41) is 6.64. The van der Waals surface area contributed by atoms with Gasteiger partial charge in [0.15, 0.2) is 10.8 Å². The number of hydrogen-bond acceptors (Lipinski definition) is 4. The number of para-hydroxylation sites is 1. The van der Waals surface area contributed by atoms with Gasteiger partial charge in [0.25, 0.3) is 0 Å². The van der Waals surface area contributed by atoms with Gasteiger partial charge in [0.2, 0.25) is 0 Å². The van der Waals surface area contributed by atoms with E-state index in [1.54, 1.807) is 0 Å². The molecule has 2 heterocycles. The van der Waals surface area contributed by atoms with Crippen LogP contribution in [0.2, 0.25) is 0 Å². The van der Waals surface area contributed by atoms with E-state index in [1.165, 1.54) is 7.11 Å². The molecule has 19 heavy (non-hydrogen) atoms. The Morgan fingerprint density at radius 2 is 2.21 bits per heavy atom. The Morgan fingerprint density at radius 3 is 2.95 bits per heavy atom. The lowest BCUT2D eigenvalue weighted by Crippen LogP contribution is -2.69. The van der Waals surface area contributed by atoms with Crippen LogP contribution in [0.5, 0.6) is 5.75 Å². The second kappa shape index (κ2) is 4.09. The number of rotatable bonds is 1. The summed E-state index contributed by atoms with van der Waals surface area (Å²) < 4.78 is 10.9. The molecule has 2 aliphatic rings. The molecule has 5 nitrogen and oxygen atoms in total. The molecule has 3 atom stereocenters. The molecule has 1 saturated heterocycles. The van der Waals surface area contributed by atoms with Crippen molar-refractivity contribution in [2.24, 2.45) is 5.92 Å². The number of carbonyl (C=O) groups excluding carboxylic acids is 1. The van der Waals surface area contributed by atoms with Crippen LogP contribution in [-0.4, -0.2) is 23.9 Å². The van der Waals surface area contributed by atoms with Crippen molar-refractivity contribution in [2.75, 3.05) is 7.11 Å². The summed E-state index contributed by atoms with van der Waals surface area (Å²) in [7, 11) is 1.38. The third-order valence-corrected chi connectivity index (χ3v) is 3.83. The second-order valence-electron chi connectivity index (χ2n) is 4.82. The van der Waals surface area contributed by atoms with Gasteiger partial charge >= 0.3 is 5.97 Å². The summed E-state index contributed by atoms with van der Waals surface area (Å²) in [4.78, 5) is 12.1. The molecular formula is C13H14N2O3S. The summed E-state index contributed by atoms with van der Waals surface area (Å²) in [6.45, 7) is 1.81. The van der Waals surface area contributed by atoms with E-state index in [-0.39, 0.29) is 12.0 Å². The van der Waals surface area contributed by atoms with Gasteiger partial charge in [-0.15, -0.1) is 0 Å². The largest absolute Gasteiger partial charge is 0.469 e. The van der Waals surface area contributed by atoms with E-state index in [0.29, 0.717) is 5.11 Å². The van der Waals surface area contributed by atoms with Crippen molar-refractivity contribution >= 4 is 23.3 Å². The number of thiocarbonyl (C=S) groups is 1. The molecule has 0 radical (unpaired) electrons. The number of carbonyl (C=O) groups is 1. The Bertz CT molecular complexity index is 563. The quantitative estimate of drug-likeness (QED) is 0.593. The van der Waals surface area contributed by atoms with E-state index >= 15 is 0 Å². The minimum atomic E-state index is -0.894. The third-order valence-electron chi connectivity index (χ3n) is 3.61. The molecule has 1 aromatic carbocycles. The van der Waals surface area contributed by atoms with E-state index in [4.69, 9.17) is 21.7 Å². The smallest absolute Gasteiger partial charge is 0.317 e. The van der Waals surface area contributed by atoms with Crippen LogP contribution >= 0.6 is 12.2 Å². The van der Waals surface area contributed by atoms with Gasteiger partial charge in [-0.3, -0.25) is 4.79 Å². The van der Waals surface area contributed by atoms with Gasteiger partial charge in [-0.25, -0.2) is 0 Å². The molecule has 0 aliphatic carbocycles. The monoisotopic (exact) mass is 278 g/mol. The van der Waals surface area contributed by atoms with Crippen LogP contribution in [0.4, 0.5) is 0 Å². The highest BCUT2D eigenvalue weighted by atomic mass is 32.1. The Labute approximate surface area is 116 Å². The van der Waals surface area contributed by atoms with Gasteiger partial charge in [0, 0.05) is 5.56 Å². The van der Waals surface area contributed by atoms with Gasteiger partial charge in [-0.1, -0.05) is 18.2 Å². The summed E-state index contributed by atoms with van der Waals surface area (Å²) >= 11 is 5.18. The Hall–Kier alpha value is -1.82. The molecule has 1 aromatic rings. The van der Waals surface area contributed by atoms with Crippen LogP contribution in [0.1, 0.15) is 18.5 Å². The maximum Gasteiger partial charge on any atom is 0.317 e. The summed E-state index contributed by atoms with van der Waals surface area (Å²) in [6.07, 6.45) is 0. The predicted molar refractivity (Wildman–Crippen MR) is 72.6 cm³/mol. The van der Waals surface area contributed by atoms with Crippen molar-refractivity contribution in [1.29, 1.82) is 0 Å². The Kier molecular flexibility index (Phi) is 2.63. The first-order valence-electron chi connectivity index (χ1n) is 5.99. The van der Waals surface area contributed by atoms with Gasteiger partial charge < -0.3 is 20.1 Å². The topological polar surface area (TPSA) is 59.6 Å². The molecule has 6 heteroatoms. The molecule has 0 aromatic heterocycles. The summed E-state index contributed by atoms with van der Waals surface area (Å²) in [5.41, 5.74) is 0.0216. The lowest BCUT2D eigenvalue weighted by molar-refractivity contribution is -0.159. The van der Waals surface area contributed by atoms with Crippen molar-refractivity contribution in [2.45, 2.75) is 18.7 Å². The third kappa shape index (κ3) is 1.74. The van der Waals surface area contributed by atoms with Crippen LogP contribution in [0.25, 0.3) is 0 Å². The van der Waals surface area contributed by atoms with Crippen molar-refractivity contribution in [1.82, 2.24) is 10.6 Å². The highest BCUT2D eigenvalue weighted by molar-refractivity contribution is 7.80. The number of fused-ring (bicyclic) bond motifs is 4. The SMILES string of the molecule is COC(=O)[C@H]1[C@@H]2NC(=S)N[C@]1(C)Oc1ccccc12. The molecule has 3 rings (SSSR count). The minimum absolute atomic E-state index is 0.240. The average molecular weight is 278 g/mol. The standard InChI is InChI=1S/C13H14N2O3S/c1-13-9(11(16)17-2)10(14-12(19)15-13)7-5-3-4-6-8(7)18-13/h3-6,9-10H,1-2H3,(H2,14,15,19)/t9-,10-,13-/m1/s1. The van der Waals surface area contributed by atoms with Crippen LogP contribution in [0.15, 0.2) is 24.3 Å². The van der Waals surface area contributed by atoms with Crippen LogP contribution in [0.3, 0.4) is 0 Å². The van der Waals surface area contributed by atoms with Gasteiger partial charge in [0.05, 0.1) is 13.2 Å². The van der Waals surface area contributed by atoms with Crippen LogP contribution < -0.4 is 15.4 Å². The molecule has 100 valence electrons. The normalized spacial score (nSPS) is 31.4. The first kappa shape index (κ1) is 12.2. The fraction of sp³-hybridized carbons (Fsp3) is 0.385. The molecule has 2 bridgehead atoms. The van der Waals surface area contributed by atoms with Gasteiger partial charge in [-0.05, 0) is 25.2 Å². The lowest BCUT2D eigenvalue weighted by atomic mass is 9.80. The number of ether oxygens (including phenoxy) is 2. The first-order valence-corrected chi connectivity index (χ1v) is 6.40. The fourth-order valence-electron chi connectivity index (χ4n) is 2.77. The Balaban J connectivity index is 2.14. The molecule has 2 aliphatic heterocycles. The molecule has 1 fully saturated rings.